The van der Waals surface area contributed by atoms with Crippen molar-refractivity contribution in [3.8, 4) is 0 Å². The fourth-order valence-corrected chi connectivity index (χ4v) is 2.55. The zero-order valence-corrected chi connectivity index (χ0v) is 10.6. The Bertz CT molecular complexity index is 407. The number of nitrogen functional groups attached to an aromatic ring is 1. The molecule has 0 saturated heterocycles. The summed E-state index contributed by atoms with van der Waals surface area (Å²) in [6, 6.07) is 1.87. The van der Waals surface area contributed by atoms with Gasteiger partial charge in [0.05, 0.1) is 15.6 Å². The number of Topliss-reactive ketones (excluding diaryl/α,β-unsaturated/α-hetero) is 1. The van der Waals surface area contributed by atoms with E-state index in [9.17, 15) is 4.79 Å². The van der Waals surface area contributed by atoms with Gasteiger partial charge < -0.3 is 11.1 Å². The minimum atomic E-state index is 0.133. The van der Waals surface area contributed by atoms with Crippen molar-refractivity contribution < 1.29 is 4.79 Å². The fraction of sp³-hybridized carbons (Fsp3) is 0.583. The van der Waals surface area contributed by atoms with Crippen LogP contribution >= 0.6 is 11.3 Å². The van der Waals surface area contributed by atoms with E-state index in [0.29, 0.717) is 22.4 Å². The van der Waals surface area contributed by atoms with Gasteiger partial charge in [-0.15, -0.1) is 11.3 Å². The molecule has 1 fully saturated rings. The Morgan fingerprint density at radius 1 is 1.62 bits per heavy atom. The van der Waals surface area contributed by atoms with E-state index in [1.54, 1.807) is 0 Å². The third kappa shape index (κ3) is 2.38. The van der Waals surface area contributed by atoms with Crippen LogP contribution in [0.2, 0.25) is 0 Å². The molecule has 0 spiro atoms. The molecule has 4 heteroatoms. The second-order valence-corrected chi connectivity index (χ2v) is 5.89. The molecule has 1 aliphatic rings. The standard InChI is InChI=1S/C12H18N2OS/c1-3-9(15)11-8(13)6-10(16-11)14-7-12(2)4-5-12/h6,14H,3-5,7,13H2,1-2H3. The predicted molar refractivity (Wildman–Crippen MR) is 69.2 cm³/mol. The normalized spacial score (nSPS) is 17.1. The molecule has 1 aromatic rings. The van der Waals surface area contributed by atoms with Gasteiger partial charge in [-0.05, 0) is 24.3 Å². The first-order valence-electron chi connectivity index (χ1n) is 5.70. The molecule has 88 valence electrons. The summed E-state index contributed by atoms with van der Waals surface area (Å²) >= 11 is 1.47. The molecule has 1 saturated carbocycles. The van der Waals surface area contributed by atoms with Crippen LogP contribution in [0, 0.1) is 5.41 Å². The van der Waals surface area contributed by atoms with Crippen molar-refractivity contribution >= 4 is 27.8 Å². The largest absolute Gasteiger partial charge is 0.397 e. The van der Waals surface area contributed by atoms with E-state index in [1.165, 1.54) is 24.2 Å². The number of anilines is 2. The SMILES string of the molecule is CCC(=O)c1sc(NCC2(C)CC2)cc1N. The highest BCUT2D eigenvalue weighted by Crippen LogP contribution is 2.45. The van der Waals surface area contributed by atoms with Crippen LogP contribution in [-0.4, -0.2) is 12.3 Å². The van der Waals surface area contributed by atoms with Gasteiger partial charge >= 0.3 is 0 Å². The highest BCUT2D eigenvalue weighted by molar-refractivity contribution is 7.18. The Kier molecular flexibility index (Phi) is 2.93. The minimum absolute atomic E-state index is 0.133. The summed E-state index contributed by atoms with van der Waals surface area (Å²) in [5, 5.41) is 4.39. The van der Waals surface area contributed by atoms with Gasteiger partial charge in [0.1, 0.15) is 0 Å². The number of nitrogens with one attached hydrogen (secondary N) is 1. The van der Waals surface area contributed by atoms with Crippen LogP contribution in [-0.2, 0) is 0 Å². The molecule has 0 unspecified atom stereocenters. The number of ketones is 1. The molecule has 0 bridgehead atoms. The van der Waals surface area contributed by atoms with E-state index in [0.717, 1.165) is 11.5 Å². The number of thiophene rings is 1. The number of carbonyl (C=O) groups excluding carboxylic acids is 1. The monoisotopic (exact) mass is 238 g/mol. The van der Waals surface area contributed by atoms with E-state index in [4.69, 9.17) is 5.73 Å². The summed E-state index contributed by atoms with van der Waals surface area (Å²) in [6.07, 6.45) is 3.10. The van der Waals surface area contributed by atoms with Crippen molar-refractivity contribution in [3.05, 3.63) is 10.9 Å². The number of hydrogen-bond donors (Lipinski definition) is 2. The Hall–Kier alpha value is -1.03. The Morgan fingerprint density at radius 3 is 2.88 bits per heavy atom. The van der Waals surface area contributed by atoms with E-state index in [1.807, 2.05) is 13.0 Å². The van der Waals surface area contributed by atoms with Crippen LogP contribution in [0.4, 0.5) is 10.7 Å². The lowest BCUT2D eigenvalue weighted by Gasteiger charge is -2.08. The molecule has 3 nitrogen and oxygen atoms in total. The number of carbonyl (C=O) groups is 1. The maximum Gasteiger partial charge on any atom is 0.174 e. The van der Waals surface area contributed by atoms with Gasteiger partial charge in [0.15, 0.2) is 5.78 Å². The molecule has 0 aromatic carbocycles. The molecule has 0 radical (unpaired) electrons. The van der Waals surface area contributed by atoms with Gasteiger partial charge in [0.25, 0.3) is 0 Å². The summed E-state index contributed by atoms with van der Waals surface area (Å²) in [5.74, 6) is 0.133. The minimum Gasteiger partial charge on any atom is -0.397 e. The highest BCUT2D eigenvalue weighted by atomic mass is 32.1. The maximum absolute atomic E-state index is 11.6. The van der Waals surface area contributed by atoms with Crippen LogP contribution in [0.3, 0.4) is 0 Å². The molecule has 0 aliphatic heterocycles. The van der Waals surface area contributed by atoms with Crippen LogP contribution in [0.25, 0.3) is 0 Å². The van der Waals surface area contributed by atoms with Crippen LogP contribution in [0.5, 0.6) is 0 Å². The first kappa shape index (κ1) is 11.5. The van der Waals surface area contributed by atoms with Gasteiger partial charge in [-0.1, -0.05) is 13.8 Å². The lowest BCUT2D eigenvalue weighted by atomic mass is 10.1. The Morgan fingerprint density at radius 2 is 2.31 bits per heavy atom. The molecule has 0 atom stereocenters. The van der Waals surface area contributed by atoms with E-state index in [2.05, 4.69) is 12.2 Å². The quantitative estimate of drug-likeness (QED) is 0.775. The molecule has 16 heavy (non-hydrogen) atoms. The lowest BCUT2D eigenvalue weighted by molar-refractivity contribution is 0.0993. The van der Waals surface area contributed by atoms with Crippen LogP contribution in [0.1, 0.15) is 42.8 Å². The third-order valence-corrected chi connectivity index (χ3v) is 4.28. The van der Waals surface area contributed by atoms with Gasteiger partial charge in [0.2, 0.25) is 0 Å². The lowest BCUT2D eigenvalue weighted by Crippen LogP contribution is -2.10. The molecule has 1 aliphatic carbocycles. The van der Waals surface area contributed by atoms with Crippen LogP contribution in [0.15, 0.2) is 6.07 Å². The zero-order valence-electron chi connectivity index (χ0n) is 9.80. The van der Waals surface area contributed by atoms with Crippen molar-refractivity contribution in [2.24, 2.45) is 5.41 Å². The summed E-state index contributed by atoms with van der Waals surface area (Å²) < 4.78 is 0. The van der Waals surface area contributed by atoms with E-state index < -0.39 is 0 Å². The molecule has 0 amide bonds. The van der Waals surface area contributed by atoms with E-state index in [-0.39, 0.29) is 5.78 Å². The predicted octanol–water partition coefficient (Wildman–Crippen LogP) is 3.14. The first-order valence-corrected chi connectivity index (χ1v) is 6.52. The molecular weight excluding hydrogens is 220 g/mol. The van der Waals surface area contributed by atoms with Crippen molar-refractivity contribution in [1.29, 1.82) is 0 Å². The average Bonchev–Trinajstić information content (AvgIpc) is 2.87. The first-order chi connectivity index (χ1) is 7.54. The average molecular weight is 238 g/mol. The number of rotatable bonds is 5. The third-order valence-electron chi connectivity index (χ3n) is 3.13. The summed E-state index contributed by atoms with van der Waals surface area (Å²) in [7, 11) is 0. The van der Waals surface area contributed by atoms with Gasteiger partial charge in [-0.3, -0.25) is 4.79 Å². The van der Waals surface area contributed by atoms with Gasteiger partial charge in [0, 0.05) is 13.0 Å². The van der Waals surface area contributed by atoms with Gasteiger partial charge in [-0.25, -0.2) is 0 Å². The summed E-state index contributed by atoms with van der Waals surface area (Å²) in [6.45, 7) is 5.11. The summed E-state index contributed by atoms with van der Waals surface area (Å²) in [5.41, 5.74) is 6.90. The molecule has 2 rings (SSSR count). The Balaban J connectivity index is 2.02. The number of hydrogen-bond acceptors (Lipinski definition) is 4. The molecule has 3 N–H and O–H groups in total. The summed E-state index contributed by atoms with van der Waals surface area (Å²) in [4.78, 5) is 12.3. The van der Waals surface area contributed by atoms with Crippen molar-refractivity contribution in [2.75, 3.05) is 17.6 Å². The second-order valence-electron chi connectivity index (χ2n) is 4.84. The smallest absolute Gasteiger partial charge is 0.174 e. The zero-order chi connectivity index (χ0) is 11.8. The topological polar surface area (TPSA) is 55.1 Å². The van der Waals surface area contributed by atoms with Crippen molar-refractivity contribution in [2.45, 2.75) is 33.1 Å². The molecule has 1 aromatic heterocycles. The Labute approximate surface area is 100 Å². The van der Waals surface area contributed by atoms with E-state index >= 15 is 0 Å². The molecule has 1 heterocycles. The molecular formula is C12H18N2OS. The fourth-order valence-electron chi connectivity index (χ4n) is 1.56. The van der Waals surface area contributed by atoms with Crippen LogP contribution < -0.4 is 11.1 Å². The highest BCUT2D eigenvalue weighted by Gasteiger charge is 2.36. The maximum atomic E-state index is 11.6. The van der Waals surface area contributed by atoms with Crippen molar-refractivity contribution in [1.82, 2.24) is 0 Å². The number of nitrogens with two attached hydrogens (primary N) is 1. The van der Waals surface area contributed by atoms with Gasteiger partial charge in [-0.2, -0.15) is 0 Å². The van der Waals surface area contributed by atoms with Crippen molar-refractivity contribution in [3.63, 3.8) is 0 Å². The second kappa shape index (κ2) is 4.09.